The largest absolute Gasteiger partial charge is 0.479 e. The molecule has 0 bridgehead atoms. The monoisotopic (exact) mass is 270 g/mol. The predicted molar refractivity (Wildman–Crippen MR) is 72.3 cm³/mol. The highest BCUT2D eigenvalue weighted by Crippen LogP contribution is 2.26. The van der Waals surface area contributed by atoms with Crippen molar-refractivity contribution in [1.29, 1.82) is 0 Å². The quantitative estimate of drug-likeness (QED) is 0.766. The van der Waals surface area contributed by atoms with Gasteiger partial charge in [-0.3, -0.25) is 0 Å². The molecule has 0 radical (unpaired) electrons. The zero-order chi connectivity index (χ0) is 13.7. The molecule has 1 unspecified atom stereocenters. The van der Waals surface area contributed by atoms with Crippen LogP contribution in [0.4, 0.5) is 0 Å². The number of benzene rings is 1. The van der Waals surface area contributed by atoms with Crippen LogP contribution in [0.25, 0.3) is 0 Å². The van der Waals surface area contributed by atoms with Crippen molar-refractivity contribution in [2.75, 3.05) is 6.61 Å². The number of esters is 1. The molecule has 0 aliphatic heterocycles. The Morgan fingerprint density at radius 3 is 2.28 bits per heavy atom. The van der Waals surface area contributed by atoms with E-state index in [1.165, 1.54) is 0 Å². The van der Waals surface area contributed by atoms with E-state index in [0.717, 1.165) is 16.1 Å². The number of hydrogen-bond donors (Lipinski definition) is 0. The van der Waals surface area contributed by atoms with Crippen LogP contribution in [-0.4, -0.2) is 18.7 Å². The van der Waals surface area contributed by atoms with Crippen LogP contribution >= 0.6 is 11.6 Å². The van der Waals surface area contributed by atoms with Gasteiger partial charge >= 0.3 is 5.97 Å². The molecule has 0 fully saturated rings. The average molecular weight is 271 g/mol. The van der Waals surface area contributed by atoms with Gasteiger partial charge in [0.1, 0.15) is 5.75 Å². The molecule has 0 heterocycles. The molecule has 0 aromatic heterocycles. The van der Waals surface area contributed by atoms with Crippen LogP contribution in [0.15, 0.2) is 12.1 Å². The Morgan fingerprint density at radius 2 is 1.83 bits per heavy atom. The first-order chi connectivity index (χ1) is 8.49. The van der Waals surface area contributed by atoms with E-state index in [1.54, 1.807) is 6.92 Å². The zero-order valence-corrected chi connectivity index (χ0v) is 12.0. The Morgan fingerprint density at radius 1 is 1.28 bits per heavy atom. The van der Waals surface area contributed by atoms with Crippen LogP contribution in [0.3, 0.4) is 0 Å². The molecule has 0 N–H and O–H groups in total. The second-order valence-corrected chi connectivity index (χ2v) is 4.52. The lowest BCUT2D eigenvalue weighted by atomic mass is 10.1. The number of hydrogen-bond acceptors (Lipinski definition) is 3. The van der Waals surface area contributed by atoms with Crippen molar-refractivity contribution in [3.8, 4) is 5.75 Å². The van der Waals surface area contributed by atoms with Gasteiger partial charge in [0.2, 0.25) is 0 Å². The molecule has 100 valence electrons. The van der Waals surface area contributed by atoms with Crippen LogP contribution in [-0.2, 0) is 9.53 Å². The highest BCUT2D eigenvalue weighted by molar-refractivity contribution is 6.32. The summed E-state index contributed by atoms with van der Waals surface area (Å²) in [6, 6.07) is 3.66. The molecule has 18 heavy (non-hydrogen) atoms. The minimum Gasteiger partial charge on any atom is -0.479 e. The van der Waals surface area contributed by atoms with Gasteiger partial charge in [-0.2, -0.15) is 0 Å². The van der Waals surface area contributed by atoms with Crippen molar-refractivity contribution in [3.63, 3.8) is 0 Å². The molecule has 0 aliphatic rings. The molecule has 0 saturated carbocycles. The number of carbonyl (C=O) groups is 1. The third kappa shape index (κ3) is 3.64. The summed E-state index contributed by atoms with van der Waals surface area (Å²) in [4.78, 5) is 11.6. The number of rotatable bonds is 5. The van der Waals surface area contributed by atoms with E-state index < -0.39 is 6.10 Å². The molecule has 3 nitrogen and oxygen atoms in total. The average Bonchev–Trinajstić information content (AvgIpc) is 2.33. The number of halogens is 1. The predicted octanol–water partition coefficient (Wildman–Crippen LogP) is 3.68. The molecule has 1 atom stereocenters. The van der Waals surface area contributed by atoms with E-state index >= 15 is 0 Å². The second kappa shape index (κ2) is 6.64. The van der Waals surface area contributed by atoms with Crippen molar-refractivity contribution in [2.24, 2.45) is 0 Å². The SMILES string of the molecule is CCOC(=O)C(CC)Oc1cc(C)c(Cl)c(C)c1. The minimum absolute atomic E-state index is 0.328. The van der Waals surface area contributed by atoms with E-state index in [-0.39, 0.29) is 5.97 Å². The van der Waals surface area contributed by atoms with Crippen molar-refractivity contribution in [1.82, 2.24) is 0 Å². The summed E-state index contributed by atoms with van der Waals surface area (Å²) in [5.74, 6) is 0.319. The first-order valence-corrected chi connectivity index (χ1v) is 6.47. The highest BCUT2D eigenvalue weighted by Gasteiger charge is 2.20. The minimum atomic E-state index is -0.565. The van der Waals surface area contributed by atoms with Gasteiger partial charge in [-0.15, -0.1) is 0 Å². The standard InChI is InChI=1S/C14H19ClO3/c1-5-12(14(16)17-6-2)18-11-7-9(3)13(15)10(4)8-11/h7-8,12H,5-6H2,1-4H3. The summed E-state index contributed by atoms with van der Waals surface area (Å²) in [6.07, 6.45) is 0.00412. The molecule has 1 rings (SSSR count). The maximum atomic E-state index is 11.6. The normalized spacial score (nSPS) is 12.1. The molecule has 4 heteroatoms. The second-order valence-electron chi connectivity index (χ2n) is 4.14. The van der Waals surface area contributed by atoms with Crippen LogP contribution in [0, 0.1) is 13.8 Å². The zero-order valence-electron chi connectivity index (χ0n) is 11.2. The van der Waals surface area contributed by atoms with Gasteiger partial charge in [-0.1, -0.05) is 18.5 Å². The van der Waals surface area contributed by atoms with Gasteiger partial charge in [-0.25, -0.2) is 4.79 Å². The summed E-state index contributed by atoms with van der Waals surface area (Å²) in [6.45, 7) is 7.84. The summed E-state index contributed by atoms with van der Waals surface area (Å²) in [7, 11) is 0. The Balaban J connectivity index is 2.85. The van der Waals surface area contributed by atoms with Gasteiger partial charge in [0, 0.05) is 5.02 Å². The lowest BCUT2D eigenvalue weighted by Crippen LogP contribution is -2.28. The maximum absolute atomic E-state index is 11.6. The fourth-order valence-corrected chi connectivity index (χ4v) is 1.78. The summed E-state index contributed by atoms with van der Waals surface area (Å²) >= 11 is 6.09. The topological polar surface area (TPSA) is 35.5 Å². The molecule has 1 aromatic carbocycles. The van der Waals surface area contributed by atoms with Gasteiger partial charge in [0.05, 0.1) is 6.61 Å². The lowest BCUT2D eigenvalue weighted by molar-refractivity contribution is -0.151. The maximum Gasteiger partial charge on any atom is 0.347 e. The lowest BCUT2D eigenvalue weighted by Gasteiger charge is -2.17. The van der Waals surface area contributed by atoms with Crippen molar-refractivity contribution >= 4 is 17.6 Å². The van der Waals surface area contributed by atoms with E-state index in [2.05, 4.69) is 0 Å². The van der Waals surface area contributed by atoms with Crippen LogP contribution in [0.5, 0.6) is 5.75 Å². The van der Waals surface area contributed by atoms with E-state index in [1.807, 2.05) is 32.9 Å². The molecule has 0 aliphatic carbocycles. The van der Waals surface area contributed by atoms with Crippen molar-refractivity contribution in [3.05, 3.63) is 28.3 Å². The van der Waals surface area contributed by atoms with Crippen molar-refractivity contribution in [2.45, 2.75) is 40.2 Å². The highest BCUT2D eigenvalue weighted by atomic mass is 35.5. The van der Waals surface area contributed by atoms with Gasteiger partial charge in [-0.05, 0) is 50.5 Å². The molecule has 0 spiro atoms. The molecular formula is C14H19ClO3. The molecule has 0 amide bonds. The Bertz CT molecular complexity index is 406. The van der Waals surface area contributed by atoms with E-state index in [0.29, 0.717) is 18.8 Å². The molecule has 0 saturated heterocycles. The Labute approximate surface area is 113 Å². The van der Waals surface area contributed by atoms with Crippen LogP contribution < -0.4 is 4.74 Å². The molecule has 1 aromatic rings. The van der Waals surface area contributed by atoms with Crippen molar-refractivity contribution < 1.29 is 14.3 Å². The third-order valence-corrected chi connectivity index (χ3v) is 3.20. The summed E-state index contributed by atoms with van der Waals surface area (Å²) in [5, 5.41) is 0.728. The fourth-order valence-electron chi connectivity index (χ4n) is 1.67. The third-order valence-electron chi connectivity index (χ3n) is 2.61. The number of aryl methyl sites for hydroxylation is 2. The summed E-state index contributed by atoms with van der Waals surface area (Å²) in [5.41, 5.74) is 1.87. The Hall–Kier alpha value is -1.22. The summed E-state index contributed by atoms with van der Waals surface area (Å²) < 4.78 is 10.6. The van der Waals surface area contributed by atoms with E-state index in [4.69, 9.17) is 21.1 Å². The Kier molecular flexibility index (Phi) is 5.48. The van der Waals surface area contributed by atoms with Gasteiger partial charge in [0.25, 0.3) is 0 Å². The fraction of sp³-hybridized carbons (Fsp3) is 0.500. The van der Waals surface area contributed by atoms with Gasteiger partial charge in [0.15, 0.2) is 6.10 Å². The number of carbonyl (C=O) groups excluding carboxylic acids is 1. The number of ether oxygens (including phenoxy) is 2. The van der Waals surface area contributed by atoms with Crippen LogP contribution in [0.1, 0.15) is 31.4 Å². The van der Waals surface area contributed by atoms with Gasteiger partial charge < -0.3 is 9.47 Å². The first kappa shape index (κ1) is 14.8. The van der Waals surface area contributed by atoms with Crippen LogP contribution in [0.2, 0.25) is 5.02 Å². The first-order valence-electron chi connectivity index (χ1n) is 6.09. The molecular weight excluding hydrogens is 252 g/mol. The van der Waals surface area contributed by atoms with E-state index in [9.17, 15) is 4.79 Å². The smallest absolute Gasteiger partial charge is 0.347 e.